The third-order valence-electron chi connectivity index (χ3n) is 5.00. The second-order valence-electron chi connectivity index (χ2n) is 7.50. The number of benzene rings is 2. The van der Waals surface area contributed by atoms with Crippen LogP contribution in [0.1, 0.15) is 29.9 Å². The normalized spacial score (nSPS) is 11.4. The molecule has 0 amide bonds. The van der Waals surface area contributed by atoms with E-state index in [0.29, 0.717) is 22.1 Å². The van der Waals surface area contributed by atoms with Gasteiger partial charge in [0.1, 0.15) is 11.5 Å². The third-order valence-corrected chi connectivity index (χ3v) is 5.25. The minimum atomic E-state index is -0.475. The van der Waals surface area contributed by atoms with Crippen LogP contribution in [0.5, 0.6) is 11.5 Å². The van der Waals surface area contributed by atoms with Crippen molar-refractivity contribution in [2.24, 2.45) is 7.05 Å². The van der Waals surface area contributed by atoms with Crippen LogP contribution in [0.3, 0.4) is 0 Å². The Morgan fingerprint density at radius 3 is 2.52 bits per heavy atom. The van der Waals surface area contributed by atoms with E-state index in [-0.39, 0.29) is 18.4 Å². The Morgan fingerprint density at radius 2 is 1.84 bits per heavy atom. The van der Waals surface area contributed by atoms with Crippen LogP contribution >= 0.6 is 11.6 Å². The molecule has 2 aromatic carbocycles. The van der Waals surface area contributed by atoms with Crippen molar-refractivity contribution < 1.29 is 19.0 Å². The number of nitrogens with zero attached hydrogens (tertiary/aromatic N) is 2. The van der Waals surface area contributed by atoms with E-state index in [1.807, 2.05) is 55.8 Å². The molecule has 0 saturated carbocycles. The average molecular weight is 439 g/mol. The summed E-state index contributed by atoms with van der Waals surface area (Å²) in [5, 5.41) is 2.37. The van der Waals surface area contributed by atoms with Crippen molar-refractivity contribution >= 4 is 39.4 Å². The van der Waals surface area contributed by atoms with E-state index in [1.54, 1.807) is 25.4 Å². The average Bonchev–Trinajstić information content (AvgIpc) is 3.03. The Morgan fingerprint density at radius 1 is 1.10 bits per heavy atom. The van der Waals surface area contributed by atoms with Gasteiger partial charge in [-0.15, -0.1) is 0 Å². The van der Waals surface area contributed by atoms with Gasteiger partial charge in [0.05, 0.1) is 35.3 Å². The number of esters is 1. The third kappa shape index (κ3) is 3.96. The molecule has 0 radical (unpaired) electrons. The maximum Gasteiger partial charge on any atom is 0.357 e. The fourth-order valence-corrected chi connectivity index (χ4v) is 3.83. The first-order valence-corrected chi connectivity index (χ1v) is 10.3. The molecule has 4 rings (SSSR count). The lowest BCUT2D eigenvalue weighted by molar-refractivity contribution is 0.0366. The van der Waals surface area contributed by atoms with Gasteiger partial charge in [-0.25, -0.2) is 9.78 Å². The lowest BCUT2D eigenvalue weighted by atomic mass is 10.0. The van der Waals surface area contributed by atoms with Crippen LogP contribution in [-0.2, 0) is 23.1 Å². The first-order chi connectivity index (χ1) is 14.9. The van der Waals surface area contributed by atoms with Crippen LogP contribution in [0, 0.1) is 0 Å². The number of aromatic nitrogens is 2. The Labute approximate surface area is 185 Å². The highest BCUT2D eigenvalue weighted by Crippen LogP contribution is 2.39. The van der Waals surface area contributed by atoms with Crippen LogP contribution in [0.15, 0.2) is 48.7 Å². The fourth-order valence-electron chi connectivity index (χ4n) is 3.70. The molecule has 0 saturated heterocycles. The number of carbonyl (C=O) groups is 1. The van der Waals surface area contributed by atoms with Crippen LogP contribution in [-0.4, -0.2) is 28.7 Å². The van der Waals surface area contributed by atoms with E-state index < -0.39 is 5.97 Å². The molecule has 7 heteroatoms. The van der Waals surface area contributed by atoms with Gasteiger partial charge in [0.15, 0.2) is 5.69 Å². The largest absolute Gasteiger partial charge is 0.458 e. The van der Waals surface area contributed by atoms with Crippen molar-refractivity contribution in [3.8, 4) is 11.5 Å². The van der Waals surface area contributed by atoms with Gasteiger partial charge in [-0.05, 0) is 50.2 Å². The molecule has 4 aromatic rings. The molecule has 0 aliphatic heterocycles. The Kier molecular flexibility index (Phi) is 5.85. The zero-order valence-electron chi connectivity index (χ0n) is 17.8. The number of methoxy groups -OCH3 is 1. The summed E-state index contributed by atoms with van der Waals surface area (Å²) < 4.78 is 19.1. The molecule has 0 N–H and O–H groups in total. The molecule has 0 aliphatic carbocycles. The molecule has 2 heterocycles. The molecule has 31 heavy (non-hydrogen) atoms. The van der Waals surface area contributed by atoms with Crippen LogP contribution in [0.2, 0.25) is 5.02 Å². The molecule has 2 aromatic heterocycles. The van der Waals surface area contributed by atoms with Crippen molar-refractivity contribution in [3.05, 3.63) is 64.9 Å². The summed E-state index contributed by atoms with van der Waals surface area (Å²) in [5.41, 5.74) is 2.74. The smallest absolute Gasteiger partial charge is 0.357 e. The van der Waals surface area contributed by atoms with Gasteiger partial charge in [0, 0.05) is 30.1 Å². The highest BCUT2D eigenvalue weighted by molar-refractivity contribution is 6.30. The number of aryl methyl sites for hydroxylation is 1. The fraction of sp³-hybridized carbons (Fsp3) is 0.250. The van der Waals surface area contributed by atoms with E-state index in [9.17, 15) is 4.79 Å². The molecule has 0 spiro atoms. The minimum absolute atomic E-state index is 0.210. The van der Waals surface area contributed by atoms with Crippen LogP contribution in [0.25, 0.3) is 21.8 Å². The lowest BCUT2D eigenvalue weighted by Gasteiger charge is -2.13. The van der Waals surface area contributed by atoms with Crippen molar-refractivity contribution in [2.45, 2.75) is 26.6 Å². The molecule has 0 unspecified atom stereocenters. The van der Waals surface area contributed by atoms with Crippen molar-refractivity contribution in [1.82, 2.24) is 9.55 Å². The molecule has 160 valence electrons. The molecular weight excluding hydrogens is 416 g/mol. The van der Waals surface area contributed by atoms with Crippen molar-refractivity contribution in [2.75, 3.05) is 7.11 Å². The molecule has 0 aliphatic rings. The SMILES string of the molecule is COCc1c(C(=O)OC(C)C)ncc2c1c1c(Oc3ccc(Cl)cc3)cccc1n2C. The van der Waals surface area contributed by atoms with Gasteiger partial charge in [0.25, 0.3) is 0 Å². The lowest BCUT2D eigenvalue weighted by Crippen LogP contribution is -2.16. The van der Waals surface area contributed by atoms with Gasteiger partial charge >= 0.3 is 5.97 Å². The summed E-state index contributed by atoms with van der Waals surface area (Å²) in [4.78, 5) is 17.2. The van der Waals surface area contributed by atoms with Gasteiger partial charge in [-0.3, -0.25) is 0 Å². The predicted octanol–water partition coefficient (Wildman–Crippen LogP) is 5.88. The van der Waals surface area contributed by atoms with Crippen LogP contribution in [0.4, 0.5) is 0 Å². The molecule has 0 fully saturated rings. The first-order valence-electron chi connectivity index (χ1n) is 9.93. The van der Waals surface area contributed by atoms with Crippen LogP contribution < -0.4 is 4.74 Å². The van der Waals surface area contributed by atoms with Gasteiger partial charge in [0.2, 0.25) is 0 Å². The van der Waals surface area contributed by atoms with Crippen molar-refractivity contribution in [3.63, 3.8) is 0 Å². The Hall–Kier alpha value is -3.09. The summed E-state index contributed by atoms with van der Waals surface area (Å²) >= 11 is 6.01. The summed E-state index contributed by atoms with van der Waals surface area (Å²) in [7, 11) is 3.55. The van der Waals surface area contributed by atoms with E-state index >= 15 is 0 Å². The minimum Gasteiger partial charge on any atom is -0.458 e. The Bertz CT molecular complexity index is 1260. The number of carbonyl (C=O) groups excluding carboxylic acids is 1. The standard InChI is InChI=1S/C24H23ClN2O4/c1-14(2)30-24(28)23-17(13-29-4)21-19(12-26-23)27(3)18-6-5-7-20(22(18)21)31-16-10-8-15(25)9-11-16/h5-12,14H,13H2,1-4H3. The van der Waals surface area contributed by atoms with E-state index in [4.69, 9.17) is 25.8 Å². The second-order valence-corrected chi connectivity index (χ2v) is 7.93. The van der Waals surface area contributed by atoms with Gasteiger partial charge in [-0.2, -0.15) is 0 Å². The highest BCUT2D eigenvalue weighted by atomic mass is 35.5. The molecular formula is C24H23ClN2O4. The molecule has 0 bridgehead atoms. The summed E-state index contributed by atoms with van der Waals surface area (Å²) in [5.74, 6) is 0.852. The number of hydrogen-bond donors (Lipinski definition) is 0. The van der Waals surface area contributed by atoms with E-state index in [2.05, 4.69) is 4.98 Å². The van der Waals surface area contributed by atoms with Gasteiger partial charge in [-0.1, -0.05) is 17.7 Å². The number of ether oxygens (including phenoxy) is 3. The van der Waals surface area contributed by atoms with Gasteiger partial charge < -0.3 is 18.8 Å². The summed E-state index contributed by atoms with van der Waals surface area (Å²) in [6, 6.07) is 13.0. The number of rotatable bonds is 6. The first kappa shape index (κ1) is 21.2. The number of pyridine rings is 1. The van der Waals surface area contributed by atoms with E-state index in [1.165, 1.54) is 0 Å². The monoisotopic (exact) mass is 438 g/mol. The van der Waals surface area contributed by atoms with E-state index in [0.717, 1.165) is 21.8 Å². The number of fused-ring (bicyclic) bond motifs is 3. The topological polar surface area (TPSA) is 62.6 Å². The molecule has 0 atom stereocenters. The summed E-state index contributed by atoms with van der Waals surface area (Å²) in [6.45, 7) is 3.83. The predicted molar refractivity (Wildman–Crippen MR) is 121 cm³/mol. The quantitative estimate of drug-likeness (QED) is 0.351. The second kappa shape index (κ2) is 8.57. The highest BCUT2D eigenvalue weighted by Gasteiger charge is 2.24. The van der Waals surface area contributed by atoms with Crippen molar-refractivity contribution in [1.29, 1.82) is 0 Å². The maximum atomic E-state index is 12.8. The number of hydrogen-bond acceptors (Lipinski definition) is 5. The zero-order chi connectivity index (χ0) is 22.1. The summed E-state index contributed by atoms with van der Waals surface area (Å²) in [6.07, 6.45) is 1.44. The Balaban J connectivity index is 1.98. The maximum absolute atomic E-state index is 12.8. The zero-order valence-corrected chi connectivity index (χ0v) is 18.6. The number of halogens is 1. The molecule has 6 nitrogen and oxygen atoms in total.